The average molecular weight is 208 g/mol. The standard InChI is InChI=1S/C10H16N4O/c1-2-13-8-5-12-9(10(13)15)14-6-3-11-4-7-14/h5,8,11H,2-4,6-7H2,1H3. The summed E-state index contributed by atoms with van der Waals surface area (Å²) in [7, 11) is 0. The van der Waals surface area contributed by atoms with Gasteiger partial charge in [-0.3, -0.25) is 4.79 Å². The Bertz CT molecular complexity index is 381. The second-order valence-electron chi connectivity index (χ2n) is 3.58. The lowest BCUT2D eigenvalue weighted by molar-refractivity contribution is 0.578. The summed E-state index contributed by atoms with van der Waals surface area (Å²) in [6, 6.07) is 0. The number of anilines is 1. The maximum Gasteiger partial charge on any atom is 0.293 e. The van der Waals surface area contributed by atoms with Crippen LogP contribution in [0.5, 0.6) is 0 Å². The molecule has 0 aliphatic carbocycles. The zero-order valence-electron chi connectivity index (χ0n) is 8.94. The van der Waals surface area contributed by atoms with Gasteiger partial charge < -0.3 is 14.8 Å². The summed E-state index contributed by atoms with van der Waals surface area (Å²) in [5.41, 5.74) is 0.0156. The third-order valence-corrected chi connectivity index (χ3v) is 2.65. The van der Waals surface area contributed by atoms with Crippen LogP contribution in [0.2, 0.25) is 0 Å². The van der Waals surface area contributed by atoms with Gasteiger partial charge in [-0.2, -0.15) is 0 Å². The van der Waals surface area contributed by atoms with E-state index in [1.165, 1.54) is 0 Å². The summed E-state index contributed by atoms with van der Waals surface area (Å²) in [5.74, 6) is 0.584. The van der Waals surface area contributed by atoms with Crippen LogP contribution < -0.4 is 15.8 Å². The fourth-order valence-corrected chi connectivity index (χ4v) is 1.78. The number of aryl methyl sites for hydroxylation is 1. The van der Waals surface area contributed by atoms with E-state index >= 15 is 0 Å². The van der Waals surface area contributed by atoms with Gasteiger partial charge in [-0.05, 0) is 6.92 Å². The van der Waals surface area contributed by atoms with Crippen molar-refractivity contribution in [2.75, 3.05) is 31.1 Å². The lowest BCUT2D eigenvalue weighted by Gasteiger charge is -2.27. The summed E-state index contributed by atoms with van der Waals surface area (Å²) in [6.45, 7) is 6.21. The molecule has 2 heterocycles. The van der Waals surface area contributed by atoms with Gasteiger partial charge in [0.25, 0.3) is 5.56 Å². The van der Waals surface area contributed by atoms with E-state index in [0.717, 1.165) is 26.2 Å². The molecule has 82 valence electrons. The minimum absolute atomic E-state index is 0.0156. The summed E-state index contributed by atoms with van der Waals surface area (Å²) in [6.07, 6.45) is 3.43. The minimum Gasteiger partial charge on any atom is -0.349 e. The zero-order chi connectivity index (χ0) is 10.7. The van der Waals surface area contributed by atoms with E-state index < -0.39 is 0 Å². The van der Waals surface area contributed by atoms with E-state index in [0.29, 0.717) is 12.4 Å². The molecule has 1 aromatic heterocycles. The van der Waals surface area contributed by atoms with E-state index in [4.69, 9.17) is 0 Å². The van der Waals surface area contributed by atoms with Gasteiger partial charge in [0.05, 0.1) is 0 Å². The van der Waals surface area contributed by atoms with E-state index in [1.807, 2.05) is 11.8 Å². The molecular weight excluding hydrogens is 192 g/mol. The third-order valence-electron chi connectivity index (χ3n) is 2.65. The highest BCUT2D eigenvalue weighted by Crippen LogP contribution is 2.03. The molecule has 1 N–H and O–H groups in total. The van der Waals surface area contributed by atoms with Crippen LogP contribution in [-0.4, -0.2) is 35.7 Å². The van der Waals surface area contributed by atoms with Crippen molar-refractivity contribution in [2.24, 2.45) is 0 Å². The molecule has 1 aliphatic heterocycles. The molecule has 0 amide bonds. The van der Waals surface area contributed by atoms with Crippen molar-refractivity contribution in [3.63, 3.8) is 0 Å². The Labute approximate surface area is 88.7 Å². The Hall–Kier alpha value is -1.36. The molecule has 2 rings (SSSR count). The van der Waals surface area contributed by atoms with Crippen molar-refractivity contribution in [1.29, 1.82) is 0 Å². The fourth-order valence-electron chi connectivity index (χ4n) is 1.78. The SMILES string of the molecule is CCn1ccnc(N2CCNCC2)c1=O. The number of hydrogen-bond acceptors (Lipinski definition) is 4. The topological polar surface area (TPSA) is 50.2 Å². The quantitative estimate of drug-likeness (QED) is 0.723. The number of nitrogens with zero attached hydrogens (tertiary/aromatic N) is 3. The fraction of sp³-hybridized carbons (Fsp3) is 0.600. The summed E-state index contributed by atoms with van der Waals surface area (Å²) < 4.78 is 1.68. The van der Waals surface area contributed by atoms with E-state index in [2.05, 4.69) is 10.3 Å². The Morgan fingerprint density at radius 3 is 2.87 bits per heavy atom. The largest absolute Gasteiger partial charge is 0.349 e. The second kappa shape index (κ2) is 4.44. The number of aromatic nitrogens is 2. The van der Waals surface area contributed by atoms with Gasteiger partial charge in [0.2, 0.25) is 0 Å². The number of nitrogens with one attached hydrogen (secondary N) is 1. The Balaban J connectivity index is 2.30. The van der Waals surface area contributed by atoms with Crippen LogP contribution >= 0.6 is 0 Å². The Kier molecular flexibility index (Phi) is 3.01. The van der Waals surface area contributed by atoms with Crippen LogP contribution in [-0.2, 0) is 6.54 Å². The minimum atomic E-state index is 0.0156. The van der Waals surface area contributed by atoms with Crippen molar-refractivity contribution in [1.82, 2.24) is 14.9 Å². The smallest absolute Gasteiger partial charge is 0.293 e. The summed E-state index contributed by atoms with van der Waals surface area (Å²) in [5, 5.41) is 3.25. The van der Waals surface area contributed by atoms with Crippen molar-refractivity contribution < 1.29 is 0 Å². The second-order valence-corrected chi connectivity index (χ2v) is 3.58. The van der Waals surface area contributed by atoms with Gasteiger partial charge in [0.15, 0.2) is 5.82 Å². The molecule has 5 heteroatoms. The molecule has 0 radical (unpaired) electrons. The van der Waals surface area contributed by atoms with E-state index in [9.17, 15) is 4.79 Å². The Morgan fingerprint density at radius 2 is 2.20 bits per heavy atom. The first-order chi connectivity index (χ1) is 7.33. The van der Waals surface area contributed by atoms with Gasteiger partial charge >= 0.3 is 0 Å². The first kappa shape index (κ1) is 10.2. The average Bonchev–Trinajstić information content (AvgIpc) is 2.30. The van der Waals surface area contributed by atoms with Gasteiger partial charge in [-0.25, -0.2) is 4.98 Å². The molecule has 0 unspecified atom stereocenters. The van der Waals surface area contributed by atoms with Crippen molar-refractivity contribution in [3.05, 3.63) is 22.7 Å². The van der Waals surface area contributed by atoms with E-state index in [1.54, 1.807) is 17.0 Å². The third kappa shape index (κ3) is 2.02. The Morgan fingerprint density at radius 1 is 1.47 bits per heavy atom. The van der Waals surface area contributed by atoms with E-state index in [-0.39, 0.29) is 5.56 Å². The highest BCUT2D eigenvalue weighted by molar-refractivity contribution is 5.36. The highest BCUT2D eigenvalue weighted by Gasteiger charge is 2.15. The maximum atomic E-state index is 11.9. The molecule has 0 aromatic carbocycles. The van der Waals surface area contributed by atoms with Gasteiger partial charge in [0.1, 0.15) is 0 Å². The lowest BCUT2D eigenvalue weighted by atomic mass is 10.3. The highest BCUT2D eigenvalue weighted by atomic mass is 16.1. The first-order valence-corrected chi connectivity index (χ1v) is 5.34. The molecule has 15 heavy (non-hydrogen) atoms. The predicted molar refractivity (Wildman–Crippen MR) is 59.3 cm³/mol. The van der Waals surface area contributed by atoms with Crippen LogP contribution in [0.4, 0.5) is 5.82 Å². The van der Waals surface area contributed by atoms with Crippen LogP contribution in [0.1, 0.15) is 6.92 Å². The molecule has 0 saturated carbocycles. The number of rotatable bonds is 2. The molecule has 0 bridgehead atoms. The van der Waals surface area contributed by atoms with Crippen molar-refractivity contribution in [3.8, 4) is 0 Å². The van der Waals surface area contributed by atoms with Crippen LogP contribution in [0, 0.1) is 0 Å². The number of piperazine rings is 1. The molecule has 0 spiro atoms. The van der Waals surface area contributed by atoms with Gasteiger partial charge in [-0.1, -0.05) is 0 Å². The molecule has 1 saturated heterocycles. The zero-order valence-corrected chi connectivity index (χ0v) is 8.94. The monoisotopic (exact) mass is 208 g/mol. The normalized spacial score (nSPS) is 16.7. The lowest BCUT2D eigenvalue weighted by Crippen LogP contribution is -2.46. The van der Waals surface area contributed by atoms with Crippen LogP contribution in [0.3, 0.4) is 0 Å². The summed E-state index contributed by atoms with van der Waals surface area (Å²) >= 11 is 0. The molecule has 0 atom stereocenters. The molecular formula is C10H16N4O. The molecule has 5 nitrogen and oxygen atoms in total. The first-order valence-electron chi connectivity index (χ1n) is 5.34. The van der Waals surface area contributed by atoms with Crippen LogP contribution in [0.15, 0.2) is 17.2 Å². The molecule has 1 aliphatic rings. The predicted octanol–water partition coefficient (Wildman–Crippen LogP) is -0.327. The van der Waals surface area contributed by atoms with Crippen LogP contribution in [0.25, 0.3) is 0 Å². The van der Waals surface area contributed by atoms with Gasteiger partial charge in [-0.15, -0.1) is 0 Å². The molecule has 1 aromatic rings. The number of hydrogen-bond donors (Lipinski definition) is 1. The maximum absolute atomic E-state index is 11.9. The molecule has 1 fully saturated rings. The van der Waals surface area contributed by atoms with Gasteiger partial charge in [0, 0.05) is 45.1 Å². The van der Waals surface area contributed by atoms with Crippen molar-refractivity contribution >= 4 is 5.82 Å². The summed E-state index contributed by atoms with van der Waals surface area (Å²) in [4.78, 5) is 18.2. The van der Waals surface area contributed by atoms with Crippen molar-refractivity contribution in [2.45, 2.75) is 13.5 Å².